The molecule has 0 N–H and O–H groups in total. The molecule has 0 saturated heterocycles. The van der Waals surface area contributed by atoms with Crippen LogP contribution in [0.3, 0.4) is 0 Å². The second kappa shape index (κ2) is 9.27. The molecule has 0 heterocycles. The first-order chi connectivity index (χ1) is 12.4. The first-order valence-electron chi connectivity index (χ1n) is 8.38. The summed E-state index contributed by atoms with van der Waals surface area (Å²) >= 11 is 0. The molecule has 0 fully saturated rings. The Morgan fingerprint density at radius 1 is 0.800 bits per heavy atom. The molecule has 3 aromatic rings. The van der Waals surface area contributed by atoms with Gasteiger partial charge in [0.25, 0.3) is 0 Å². The summed E-state index contributed by atoms with van der Waals surface area (Å²) in [5.41, 5.74) is 1.18. The highest BCUT2D eigenvalue weighted by Gasteiger charge is 2.18. The van der Waals surface area contributed by atoms with E-state index in [4.69, 9.17) is 4.74 Å². The van der Waals surface area contributed by atoms with Crippen LogP contribution in [0.15, 0.2) is 89.9 Å². The number of hydrogen-bond donors (Lipinski definition) is 0. The summed E-state index contributed by atoms with van der Waals surface area (Å²) in [6.07, 6.45) is 1.98. The lowest BCUT2D eigenvalue weighted by molar-refractivity contribution is 0.208. The molecule has 0 aromatic heterocycles. The zero-order valence-corrected chi connectivity index (χ0v) is 15.3. The molecule has 0 aliphatic rings. The topological polar surface area (TPSA) is 21.6 Å². The first-order valence-corrected chi connectivity index (χ1v) is 9.72. The quantitative estimate of drug-likeness (QED) is 0.364. The highest BCUT2D eigenvalue weighted by molar-refractivity contribution is 7.80. The van der Waals surface area contributed by atoms with Gasteiger partial charge in [-0.05, 0) is 23.8 Å². The molecular weight excluding hydrogens is 325 g/mol. The predicted molar refractivity (Wildman–Crippen MR) is 109 cm³/mol. The van der Waals surface area contributed by atoms with Crippen molar-refractivity contribution < 1.29 is 4.74 Å². The van der Waals surface area contributed by atoms with Crippen LogP contribution in [0.1, 0.15) is 5.56 Å². The van der Waals surface area contributed by atoms with Crippen LogP contribution in [-0.2, 0) is 4.74 Å². The van der Waals surface area contributed by atoms with Gasteiger partial charge in [0.2, 0.25) is 0 Å². The summed E-state index contributed by atoms with van der Waals surface area (Å²) in [6.45, 7) is 1.32. The molecule has 3 heteroatoms. The van der Waals surface area contributed by atoms with Crippen molar-refractivity contribution in [2.24, 2.45) is 4.99 Å². The van der Waals surface area contributed by atoms with E-state index in [-0.39, 0.29) is 0 Å². The third kappa shape index (κ3) is 4.63. The molecule has 2 nitrogen and oxygen atoms in total. The molecule has 25 heavy (non-hydrogen) atoms. The number of rotatable bonds is 7. The van der Waals surface area contributed by atoms with Gasteiger partial charge < -0.3 is 4.74 Å². The van der Waals surface area contributed by atoms with E-state index in [1.165, 1.54) is 21.5 Å². The largest absolute Gasteiger partial charge is 0.383 e. The first kappa shape index (κ1) is 17.5. The molecular formula is C22H22NOP. The number of methoxy groups -OCH3 is 1. The van der Waals surface area contributed by atoms with Gasteiger partial charge in [-0.2, -0.15) is 0 Å². The third-order valence-corrected chi connectivity index (χ3v) is 6.38. The molecule has 3 rings (SSSR count). The predicted octanol–water partition coefficient (Wildman–Crippen LogP) is 3.51. The molecule has 3 aromatic carbocycles. The number of nitrogens with zero attached hydrogens (tertiary/aromatic N) is 1. The van der Waals surface area contributed by atoms with Crippen LogP contribution in [0.25, 0.3) is 0 Å². The molecule has 0 saturated carbocycles. The lowest BCUT2D eigenvalue weighted by Crippen LogP contribution is -2.23. The summed E-state index contributed by atoms with van der Waals surface area (Å²) in [5, 5.41) is 4.03. The van der Waals surface area contributed by atoms with Crippen LogP contribution < -0.4 is 15.9 Å². The molecule has 0 spiro atoms. The Kier molecular flexibility index (Phi) is 6.50. The van der Waals surface area contributed by atoms with Crippen molar-refractivity contribution in [2.45, 2.75) is 0 Å². The number of ether oxygens (including phenoxy) is 1. The van der Waals surface area contributed by atoms with E-state index in [1.807, 2.05) is 6.21 Å². The SMILES string of the molecule is COCCN=Cc1ccccc1P(c1ccccc1)c1ccccc1. The minimum atomic E-state index is -0.614. The fourth-order valence-corrected chi connectivity index (χ4v) is 5.11. The van der Waals surface area contributed by atoms with Crippen LogP contribution in [0.4, 0.5) is 0 Å². The van der Waals surface area contributed by atoms with Gasteiger partial charge in [0.05, 0.1) is 13.2 Å². The van der Waals surface area contributed by atoms with Gasteiger partial charge in [-0.1, -0.05) is 84.9 Å². The average molecular weight is 347 g/mol. The maximum absolute atomic E-state index is 5.09. The second-order valence-electron chi connectivity index (χ2n) is 5.59. The second-order valence-corrected chi connectivity index (χ2v) is 7.78. The summed E-state index contributed by atoms with van der Waals surface area (Å²) in [5.74, 6) is 0. The van der Waals surface area contributed by atoms with Gasteiger partial charge >= 0.3 is 0 Å². The zero-order valence-electron chi connectivity index (χ0n) is 14.4. The summed E-state index contributed by atoms with van der Waals surface area (Å²) in [7, 11) is 1.09. The van der Waals surface area contributed by atoms with Crippen LogP contribution in [-0.4, -0.2) is 26.5 Å². The van der Waals surface area contributed by atoms with E-state index < -0.39 is 7.92 Å². The molecule has 126 valence electrons. The van der Waals surface area contributed by atoms with Crippen LogP contribution in [0.5, 0.6) is 0 Å². The highest BCUT2D eigenvalue weighted by Crippen LogP contribution is 2.33. The van der Waals surface area contributed by atoms with Crippen molar-refractivity contribution in [3.05, 3.63) is 90.5 Å². The third-order valence-electron chi connectivity index (χ3n) is 3.86. The Bertz CT molecular complexity index is 763. The van der Waals surface area contributed by atoms with E-state index in [0.29, 0.717) is 13.2 Å². The van der Waals surface area contributed by atoms with Crippen molar-refractivity contribution in [2.75, 3.05) is 20.3 Å². The number of aliphatic imine (C=N–C) groups is 1. The highest BCUT2D eigenvalue weighted by atomic mass is 31.1. The number of hydrogen-bond acceptors (Lipinski definition) is 2. The Morgan fingerprint density at radius 3 is 1.96 bits per heavy atom. The Hall–Kier alpha value is -2.28. The van der Waals surface area contributed by atoms with Crippen molar-refractivity contribution in [3.63, 3.8) is 0 Å². The minimum Gasteiger partial charge on any atom is -0.383 e. The zero-order chi connectivity index (χ0) is 17.3. The van der Waals surface area contributed by atoms with Gasteiger partial charge in [-0.25, -0.2) is 0 Å². The summed E-state index contributed by atoms with van der Waals surface area (Å²) in [4.78, 5) is 4.52. The van der Waals surface area contributed by atoms with Crippen LogP contribution >= 0.6 is 7.92 Å². The van der Waals surface area contributed by atoms with E-state index in [2.05, 4.69) is 89.9 Å². The fourth-order valence-electron chi connectivity index (χ4n) is 2.69. The van der Waals surface area contributed by atoms with Gasteiger partial charge in [0, 0.05) is 18.9 Å². The molecule has 0 amide bonds. The summed E-state index contributed by atoms with van der Waals surface area (Å²) in [6, 6.07) is 30.0. The average Bonchev–Trinajstić information content (AvgIpc) is 2.68. The lowest BCUT2D eigenvalue weighted by Gasteiger charge is -2.21. The fraction of sp³-hybridized carbons (Fsp3) is 0.136. The molecule has 0 atom stereocenters. The smallest absolute Gasteiger partial charge is 0.0658 e. The van der Waals surface area contributed by atoms with Crippen LogP contribution in [0, 0.1) is 0 Å². The molecule has 0 aliphatic carbocycles. The minimum absolute atomic E-state index is 0.614. The Balaban J connectivity index is 2.04. The molecule has 0 bridgehead atoms. The summed E-state index contributed by atoms with van der Waals surface area (Å²) < 4.78 is 5.09. The van der Waals surface area contributed by atoms with E-state index >= 15 is 0 Å². The van der Waals surface area contributed by atoms with Gasteiger partial charge in [-0.3, -0.25) is 4.99 Å². The monoisotopic (exact) mass is 347 g/mol. The standard InChI is InChI=1S/C22H22NOP/c1-24-17-16-23-18-19-10-8-9-15-22(19)25(20-11-4-2-5-12-20)21-13-6-3-7-14-21/h2-15,18H,16-17H2,1H3. The van der Waals surface area contributed by atoms with Crippen molar-refractivity contribution >= 4 is 30.0 Å². The Morgan fingerprint density at radius 2 is 1.36 bits per heavy atom. The molecule has 0 unspecified atom stereocenters. The van der Waals surface area contributed by atoms with Gasteiger partial charge in [-0.15, -0.1) is 0 Å². The van der Waals surface area contributed by atoms with Crippen LogP contribution in [0.2, 0.25) is 0 Å². The lowest BCUT2D eigenvalue weighted by atomic mass is 10.2. The van der Waals surface area contributed by atoms with Crippen molar-refractivity contribution in [1.29, 1.82) is 0 Å². The molecule has 0 radical (unpaired) electrons. The van der Waals surface area contributed by atoms with E-state index in [1.54, 1.807) is 7.11 Å². The van der Waals surface area contributed by atoms with Gasteiger partial charge in [0.15, 0.2) is 0 Å². The van der Waals surface area contributed by atoms with Crippen molar-refractivity contribution in [1.82, 2.24) is 0 Å². The van der Waals surface area contributed by atoms with E-state index in [9.17, 15) is 0 Å². The van der Waals surface area contributed by atoms with Gasteiger partial charge in [0.1, 0.15) is 0 Å². The van der Waals surface area contributed by atoms with Crippen molar-refractivity contribution in [3.8, 4) is 0 Å². The Labute approximate surface area is 151 Å². The normalized spacial score (nSPS) is 11.3. The molecule has 0 aliphatic heterocycles. The maximum Gasteiger partial charge on any atom is 0.0658 e. The van der Waals surface area contributed by atoms with E-state index in [0.717, 1.165) is 0 Å². The maximum atomic E-state index is 5.09. The number of benzene rings is 3.